The van der Waals surface area contributed by atoms with E-state index in [2.05, 4.69) is 47.4 Å². The number of likely N-dealkylation sites (tertiary alicyclic amines) is 1. The van der Waals surface area contributed by atoms with Crippen molar-refractivity contribution in [2.75, 3.05) is 26.3 Å². The number of ether oxygens (including phenoxy) is 4. The van der Waals surface area contributed by atoms with E-state index in [1.165, 1.54) is 16.3 Å². The molecule has 3 aromatic carbocycles. The lowest BCUT2D eigenvalue weighted by molar-refractivity contribution is -0.0359. The van der Waals surface area contributed by atoms with Crippen LogP contribution in [0.15, 0.2) is 91.1 Å². The van der Waals surface area contributed by atoms with Crippen LogP contribution in [0.3, 0.4) is 0 Å². The number of rotatable bonds is 11. The molecule has 7 nitrogen and oxygen atoms in total. The summed E-state index contributed by atoms with van der Waals surface area (Å²) in [5.74, 6) is 0.974. The first kappa shape index (κ1) is 30.5. The van der Waals surface area contributed by atoms with Gasteiger partial charge in [-0.05, 0) is 79.4 Å². The largest absolute Gasteiger partial charge is 0.494 e. The van der Waals surface area contributed by atoms with Crippen LogP contribution in [0.4, 0.5) is 4.79 Å². The molecule has 43 heavy (non-hydrogen) atoms. The summed E-state index contributed by atoms with van der Waals surface area (Å²) < 4.78 is 23.9. The van der Waals surface area contributed by atoms with E-state index in [0.717, 1.165) is 29.8 Å². The minimum atomic E-state index is -0.545. The van der Waals surface area contributed by atoms with Crippen LogP contribution in [0.25, 0.3) is 10.8 Å². The Hall–Kier alpha value is -3.94. The van der Waals surface area contributed by atoms with E-state index in [0.29, 0.717) is 39.5 Å². The second kappa shape index (κ2) is 14.5. The molecular weight excluding hydrogens is 540 g/mol. The predicted molar refractivity (Wildman–Crippen MR) is 168 cm³/mol. The first-order chi connectivity index (χ1) is 20.8. The molecule has 2 atom stereocenters. The number of aromatic nitrogens is 1. The van der Waals surface area contributed by atoms with Gasteiger partial charge in [0, 0.05) is 25.1 Å². The molecule has 2 unspecified atom stereocenters. The molecule has 1 aromatic heterocycles. The van der Waals surface area contributed by atoms with E-state index in [1.54, 1.807) is 11.1 Å². The standard InChI is InChI=1S/C36H42N2O5/c1-36(2,3)43-35(39)38-20-18-33(34(24-38)42-25-27-12-13-28-9-4-5-10-30(28)23-27)29-14-16-32(17-15-29)41-22-8-21-40-26-31-11-6-7-19-37-31/h4-7,9-17,19,23,33-34H,8,18,20-22,24-26H2,1-3H3. The zero-order chi connectivity index (χ0) is 30.1. The Morgan fingerprint density at radius 3 is 2.47 bits per heavy atom. The van der Waals surface area contributed by atoms with Gasteiger partial charge in [0.25, 0.3) is 0 Å². The monoisotopic (exact) mass is 582 g/mol. The summed E-state index contributed by atoms with van der Waals surface area (Å²) in [4.78, 5) is 19.0. The zero-order valence-corrected chi connectivity index (χ0v) is 25.4. The van der Waals surface area contributed by atoms with Gasteiger partial charge in [0.15, 0.2) is 0 Å². The van der Waals surface area contributed by atoms with Gasteiger partial charge in [-0.1, -0.05) is 54.6 Å². The summed E-state index contributed by atoms with van der Waals surface area (Å²) in [6.07, 6.45) is 2.89. The van der Waals surface area contributed by atoms with Crippen molar-refractivity contribution in [3.8, 4) is 5.75 Å². The van der Waals surface area contributed by atoms with Gasteiger partial charge in [-0.15, -0.1) is 0 Å². The van der Waals surface area contributed by atoms with Crippen LogP contribution in [-0.2, 0) is 27.4 Å². The number of carbonyl (C=O) groups excluding carboxylic acids is 1. The van der Waals surface area contributed by atoms with Gasteiger partial charge < -0.3 is 23.8 Å². The minimum Gasteiger partial charge on any atom is -0.494 e. The van der Waals surface area contributed by atoms with Crippen LogP contribution >= 0.6 is 0 Å². The summed E-state index contributed by atoms with van der Waals surface area (Å²) in [6, 6.07) is 28.8. The number of amides is 1. The van der Waals surface area contributed by atoms with E-state index in [9.17, 15) is 4.79 Å². The fraction of sp³-hybridized carbons (Fsp3) is 0.389. The highest BCUT2D eigenvalue weighted by Gasteiger charge is 2.35. The number of hydrogen-bond acceptors (Lipinski definition) is 6. The molecule has 1 amide bonds. The normalized spacial score (nSPS) is 17.1. The number of fused-ring (bicyclic) bond motifs is 1. The maximum absolute atomic E-state index is 12.9. The maximum Gasteiger partial charge on any atom is 0.410 e. The Bertz CT molecular complexity index is 1450. The third kappa shape index (κ3) is 9.02. The number of nitrogens with zero attached hydrogens (tertiary/aromatic N) is 2. The summed E-state index contributed by atoms with van der Waals surface area (Å²) in [5, 5.41) is 2.40. The average molecular weight is 583 g/mol. The highest BCUT2D eigenvalue weighted by molar-refractivity contribution is 5.82. The van der Waals surface area contributed by atoms with Gasteiger partial charge in [-0.3, -0.25) is 4.98 Å². The van der Waals surface area contributed by atoms with Crippen molar-refractivity contribution in [1.29, 1.82) is 0 Å². The number of pyridine rings is 1. The van der Waals surface area contributed by atoms with Crippen molar-refractivity contribution in [1.82, 2.24) is 9.88 Å². The molecule has 7 heteroatoms. The van der Waals surface area contributed by atoms with Crippen LogP contribution in [0.2, 0.25) is 0 Å². The van der Waals surface area contributed by atoms with Crippen LogP contribution < -0.4 is 4.74 Å². The Balaban J connectivity index is 1.18. The van der Waals surface area contributed by atoms with Gasteiger partial charge in [0.2, 0.25) is 0 Å². The fourth-order valence-electron chi connectivity index (χ4n) is 5.31. The third-order valence-corrected chi connectivity index (χ3v) is 7.47. The number of carbonyl (C=O) groups is 1. The van der Waals surface area contributed by atoms with E-state index in [1.807, 2.05) is 63.2 Å². The van der Waals surface area contributed by atoms with Crippen LogP contribution in [-0.4, -0.2) is 54.0 Å². The van der Waals surface area contributed by atoms with Crippen molar-refractivity contribution >= 4 is 16.9 Å². The van der Waals surface area contributed by atoms with Gasteiger partial charge in [-0.25, -0.2) is 4.79 Å². The first-order valence-electron chi connectivity index (χ1n) is 15.1. The van der Waals surface area contributed by atoms with Crippen molar-refractivity contribution in [3.63, 3.8) is 0 Å². The Labute approximate surface area is 254 Å². The van der Waals surface area contributed by atoms with Gasteiger partial charge in [0.05, 0.1) is 44.8 Å². The Morgan fingerprint density at radius 1 is 0.907 bits per heavy atom. The molecule has 0 N–H and O–H groups in total. The SMILES string of the molecule is CC(C)(C)OC(=O)N1CCC(c2ccc(OCCCOCc3ccccn3)cc2)C(OCc2ccc3ccccc3c2)C1. The van der Waals surface area contributed by atoms with Crippen molar-refractivity contribution in [3.05, 3.63) is 108 Å². The second-order valence-corrected chi connectivity index (χ2v) is 12.0. The maximum atomic E-state index is 12.9. The number of piperidine rings is 1. The average Bonchev–Trinajstić information content (AvgIpc) is 3.01. The molecule has 0 bridgehead atoms. The van der Waals surface area contributed by atoms with Crippen molar-refractivity contribution < 1.29 is 23.7 Å². The molecule has 0 spiro atoms. The van der Waals surface area contributed by atoms with E-state index in [4.69, 9.17) is 18.9 Å². The molecule has 0 radical (unpaired) electrons. The molecule has 1 aliphatic heterocycles. The zero-order valence-electron chi connectivity index (χ0n) is 25.4. The Kier molecular flexibility index (Phi) is 10.3. The molecule has 2 heterocycles. The lowest BCUT2D eigenvalue weighted by atomic mass is 9.87. The lowest BCUT2D eigenvalue weighted by Crippen LogP contribution is -2.48. The van der Waals surface area contributed by atoms with Crippen molar-refractivity contribution in [2.45, 2.75) is 64.4 Å². The second-order valence-electron chi connectivity index (χ2n) is 12.0. The molecule has 0 saturated carbocycles. The molecule has 1 saturated heterocycles. The van der Waals surface area contributed by atoms with Crippen LogP contribution in [0, 0.1) is 0 Å². The molecule has 5 rings (SSSR count). The highest BCUT2D eigenvalue weighted by atomic mass is 16.6. The van der Waals surface area contributed by atoms with Crippen LogP contribution in [0.1, 0.15) is 56.4 Å². The molecule has 1 aliphatic rings. The molecule has 4 aromatic rings. The molecular formula is C36H42N2O5. The quantitative estimate of drug-likeness (QED) is 0.170. The third-order valence-electron chi connectivity index (χ3n) is 7.47. The number of benzene rings is 3. The summed E-state index contributed by atoms with van der Waals surface area (Å²) >= 11 is 0. The first-order valence-corrected chi connectivity index (χ1v) is 15.1. The van der Waals surface area contributed by atoms with Crippen molar-refractivity contribution in [2.24, 2.45) is 0 Å². The van der Waals surface area contributed by atoms with E-state index < -0.39 is 5.60 Å². The summed E-state index contributed by atoms with van der Waals surface area (Å²) in [7, 11) is 0. The minimum absolute atomic E-state index is 0.146. The molecule has 1 fully saturated rings. The smallest absolute Gasteiger partial charge is 0.410 e. The van der Waals surface area contributed by atoms with Gasteiger partial charge in [-0.2, -0.15) is 0 Å². The van der Waals surface area contributed by atoms with E-state index >= 15 is 0 Å². The van der Waals surface area contributed by atoms with E-state index in [-0.39, 0.29) is 18.1 Å². The summed E-state index contributed by atoms with van der Waals surface area (Å²) in [6.45, 7) is 8.94. The summed E-state index contributed by atoms with van der Waals surface area (Å²) in [5.41, 5.74) is 2.67. The lowest BCUT2D eigenvalue weighted by Gasteiger charge is -2.39. The Morgan fingerprint density at radius 2 is 1.70 bits per heavy atom. The predicted octanol–water partition coefficient (Wildman–Crippen LogP) is 7.53. The molecule has 226 valence electrons. The van der Waals surface area contributed by atoms with Crippen LogP contribution in [0.5, 0.6) is 5.75 Å². The number of hydrogen-bond donors (Lipinski definition) is 0. The topological polar surface area (TPSA) is 70.1 Å². The van der Waals surface area contributed by atoms with Gasteiger partial charge >= 0.3 is 6.09 Å². The fourth-order valence-corrected chi connectivity index (χ4v) is 5.31. The highest BCUT2D eigenvalue weighted by Crippen LogP contribution is 2.33. The molecule has 0 aliphatic carbocycles. The van der Waals surface area contributed by atoms with Gasteiger partial charge in [0.1, 0.15) is 11.4 Å².